The van der Waals surface area contributed by atoms with Gasteiger partial charge in [0.05, 0.1) is 4.47 Å². The fraction of sp³-hybridized carbons (Fsp3) is 0.444. The van der Waals surface area contributed by atoms with Crippen LogP contribution >= 0.6 is 15.9 Å². The number of benzene rings is 1. The van der Waals surface area contributed by atoms with E-state index < -0.39 is 6.10 Å². The van der Waals surface area contributed by atoms with E-state index in [2.05, 4.69) is 36.9 Å². The molecule has 0 saturated carbocycles. The quantitative estimate of drug-likeness (QED) is 0.328. The minimum atomic E-state index is -0.661. The summed E-state index contributed by atoms with van der Waals surface area (Å²) in [5.74, 6) is 6.82. The van der Waals surface area contributed by atoms with Gasteiger partial charge < -0.3 is 25.3 Å². The molecule has 0 spiro atoms. The van der Waals surface area contributed by atoms with Crippen LogP contribution in [-0.2, 0) is 0 Å². The summed E-state index contributed by atoms with van der Waals surface area (Å²) in [5, 5.41) is 21.2. The molecule has 0 saturated heterocycles. The topological polar surface area (TPSA) is 115 Å². The SMILES string of the molecule is Cc1cccc(OCC(O)CNC(C)(C)COc2ccc(NN)nn2)c1Br. The highest BCUT2D eigenvalue weighted by Crippen LogP contribution is 2.27. The highest BCUT2D eigenvalue weighted by atomic mass is 79.9. The van der Waals surface area contributed by atoms with E-state index in [1.54, 1.807) is 12.1 Å². The molecule has 0 fully saturated rings. The van der Waals surface area contributed by atoms with Crippen molar-refractivity contribution in [2.24, 2.45) is 5.84 Å². The molecule has 2 rings (SSSR count). The summed E-state index contributed by atoms with van der Waals surface area (Å²) in [6.07, 6.45) is -0.661. The molecule has 0 aliphatic heterocycles. The number of β-amino-alcohol motifs (C(OH)–C–C–N with tert-alkyl or cyclic N) is 1. The van der Waals surface area contributed by atoms with Crippen LogP contribution < -0.4 is 26.1 Å². The summed E-state index contributed by atoms with van der Waals surface area (Å²) in [6, 6.07) is 9.12. The van der Waals surface area contributed by atoms with Crippen molar-refractivity contribution in [2.45, 2.75) is 32.4 Å². The van der Waals surface area contributed by atoms with Crippen LogP contribution in [0.3, 0.4) is 0 Å². The minimum absolute atomic E-state index is 0.186. The van der Waals surface area contributed by atoms with Crippen molar-refractivity contribution in [3.05, 3.63) is 40.4 Å². The van der Waals surface area contributed by atoms with Crippen molar-refractivity contribution in [3.8, 4) is 11.6 Å². The highest BCUT2D eigenvalue weighted by Gasteiger charge is 2.20. The lowest BCUT2D eigenvalue weighted by Crippen LogP contribution is -2.48. The Morgan fingerprint density at radius 2 is 2.00 bits per heavy atom. The van der Waals surface area contributed by atoms with Gasteiger partial charge in [-0.25, -0.2) is 5.84 Å². The zero-order valence-electron chi connectivity index (χ0n) is 15.7. The average molecular weight is 440 g/mol. The van der Waals surface area contributed by atoms with Gasteiger partial charge in [-0.3, -0.25) is 0 Å². The molecule has 1 heterocycles. The number of aliphatic hydroxyl groups excluding tert-OH is 1. The fourth-order valence-corrected chi connectivity index (χ4v) is 2.53. The van der Waals surface area contributed by atoms with Crippen molar-refractivity contribution in [1.29, 1.82) is 0 Å². The van der Waals surface area contributed by atoms with E-state index in [-0.39, 0.29) is 12.1 Å². The minimum Gasteiger partial charge on any atom is -0.490 e. The van der Waals surface area contributed by atoms with Crippen molar-refractivity contribution in [1.82, 2.24) is 15.5 Å². The number of hydrazine groups is 1. The first-order chi connectivity index (χ1) is 12.8. The van der Waals surface area contributed by atoms with Crippen molar-refractivity contribution in [2.75, 3.05) is 25.2 Å². The van der Waals surface area contributed by atoms with E-state index in [1.807, 2.05) is 39.0 Å². The number of nitrogens with one attached hydrogen (secondary N) is 2. The van der Waals surface area contributed by atoms with Gasteiger partial charge in [-0.2, -0.15) is 0 Å². The normalized spacial score (nSPS) is 12.5. The zero-order chi connectivity index (χ0) is 19.9. The lowest BCUT2D eigenvalue weighted by atomic mass is 10.1. The molecule has 0 bridgehead atoms. The average Bonchev–Trinajstić information content (AvgIpc) is 2.66. The number of aryl methyl sites for hydroxylation is 1. The van der Waals surface area contributed by atoms with Crippen LogP contribution in [-0.4, -0.2) is 46.7 Å². The third-order valence-electron chi connectivity index (χ3n) is 3.77. The van der Waals surface area contributed by atoms with Crippen LogP contribution in [0.1, 0.15) is 19.4 Å². The maximum Gasteiger partial charge on any atom is 0.233 e. The lowest BCUT2D eigenvalue weighted by Gasteiger charge is -2.27. The molecule has 5 N–H and O–H groups in total. The van der Waals surface area contributed by atoms with Crippen LogP contribution in [0.15, 0.2) is 34.8 Å². The molecular weight excluding hydrogens is 414 g/mol. The number of hydrogen-bond acceptors (Lipinski definition) is 8. The van der Waals surface area contributed by atoms with Crippen LogP contribution in [0.4, 0.5) is 5.82 Å². The van der Waals surface area contributed by atoms with Crippen molar-refractivity contribution in [3.63, 3.8) is 0 Å². The van der Waals surface area contributed by atoms with Gasteiger partial charge in [0, 0.05) is 18.2 Å². The first-order valence-corrected chi connectivity index (χ1v) is 9.34. The summed E-state index contributed by atoms with van der Waals surface area (Å²) < 4.78 is 12.2. The molecule has 0 radical (unpaired) electrons. The number of nitrogens with two attached hydrogens (primary N) is 1. The number of aromatic nitrogens is 2. The van der Waals surface area contributed by atoms with E-state index in [9.17, 15) is 5.11 Å². The zero-order valence-corrected chi connectivity index (χ0v) is 17.3. The Bertz CT molecular complexity index is 727. The third kappa shape index (κ3) is 6.94. The Kier molecular flexibility index (Phi) is 7.78. The number of anilines is 1. The summed E-state index contributed by atoms with van der Waals surface area (Å²) in [4.78, 5) is 0. The van der Waals surface area contributed by atoms with E-state index in [1.165, 1.54) is 0 Å². The molecule has 9 heteroatoms. The van der Waals surface area contributed by atoms with Gasteiger partial charge in [-0.15, -0.1) is 10.2 Å². The van der Waals surface area contributed by atoms with Crippen LogP contribution in [0, 0.1) is 6.92 Å². The Morgan fingerprint density at radius 3 is 2.67 bits per heavy atom. The smallest absolute Gasteiger partial charge is 0.233 e. The molecular formula is C18H26BrN5O3. The fourth-order valence-electron chi connectivity index (χ4n) is 2.15. The van der Waals surface area contributed by atoms with Crippen molar-refractivity contribution >= 4 is 21.7 Å². The molecule has 0 amide bonds. The van der Waals surface area contributed by atoms with Gasteiger partial charge in [0.2, 0.25) is 5.88 Å². The third-order valence-corrected chi connectivity index (χ3v) is 4.79. The number of nitrogens with zero attached hydrogens (tertiary/aromatic N) is 2. The molecule has 1 aromatic heterocycles. The number of ether oxygens (including phenoxy) is 2. The predicted octanol–water partition coefficient (Wildman–Crippen LogP) is 2.02. The molecule has 8 nitrogen and oxygen atoms in total. The van der Waals surface area contributed by atoms with E-state index in [0.717, 1.165) is 10.0 Å². The van der Waals surface area contributed by atoms with Crippen molar-refractivity contribution < 1.29 is 14.6 Å². The van der Waals surface area contributed by atoms with Crippen LogP contribution in [0.5, 0.6) is 11.6 Å². The van der Waals surface area contributed by atoms with Gasteiger partial charge in [-0.05, 0) is 54.4 Å². The Hall–Kier alpha value is -1.94. The first kappa shape index (κ1) is 21.4. The molecule has 148 valence electrons. The second kappa shape index (κ2) is 9.84. The van der Waals surface area contributed by atoms with Gasteiger partial charge in [-0.1, -0.05) is 12.1 Å². The van der Waals surface area contributed by atoms with Gasteiger partial charge in [0.15, 0.2) is 5.82 Å². The second-order valence-electron chi connectivity index (χ2n) is 6.81. The maximum atomic E-state index is 10.2. The summed E-state index contributed by atoms with van der Waals surface area (Å²) in [5.41, 5.74) is 3.11. The van der Waals surface area contributed by atoms with E-state index in [0.29, 0.717) is 30.6 Å². The second-order valence-corrected chi connectivity index (χ2v) is 7.60. The molecule has 2 aromatic rings. The molecule has 1 aromatic carbocycles. The monoisotopic (exact) mass is 439 g/mol. The van der Waals surface area contributed by atoms with E-state index in [4.69, 9.17) is 15.3 Å². The van der Waals surface area contributed by atoms with E-state index >= 15 is 0 Å². The largest absolute Gasteiger partial charge is 0.490 e. The number of aliphatic hydroxyl groups is 1. The molecule has 0 aliphatic carbocycles. The molecule has 1 unspecified atom stereocenters. The van der Waals surface area contributed by atoms with Gasteiger partial charge in [0.1, 0.15) is 25.1 Å². The van der Waals surface area contributed by atoms with Crippen LogP contribution in [0.25, 0.3) is 0 Å². The number of halogens is 1. The Morgan fingerprint density at radius 1 is 1.22 bits per heavy atom. The Balaban J connectivity index is 1.75. The number of rotatable bonds is 10. The van der Waals surface area contributed by atoms with Crippen LogP contribution in [0.2, 0.25) is 0 Å². The van der Waals surface area contributed by atoms with Gasteiger partial charge in [0.25, 0.3) is 0 Å². The standard InChI is InChI=1S/C18H26BrN5O3/c1-12-5-4-6-14(17(12)19)26-10-13(25)9-21-18(2,3)11-27-16-8-7-15(22-20)23-24-16/h4-8,13,21,25H,9-11,20H2,1-3H3,(H,22,23). The number of hydrogen-bond donors (Lipinski definition) is 4. The highest BCUT2D eigenvalue weighted by molar-refractivity contribution is 9.10. The number of nitrogen functional groups attached to an aromatic ring is 1. The Labute approximate surface area is 167 Å². The maximum absolute atomic E-state index is 10.2. The predicted molar refractivity (Wildman–Crippen MR) is 108 cm³/mol. The lowest BCUT2D eigenvalue weighted by molar-refractivity contribution is 0.0919. The molecule has 1 atom stereocenters. The molecule has 0 aliphatic rings. The molecule has 27 heavy (non-hydrogen) atoms. The summed E-state index contributed by atoms with van der Waals surface area (Å²) in [7, 11) is 0. The summed E-state index contributed by atoms with van der Waals surface area (Å²) >= 11 is 3.49. The first-order valence-electron chi connectivity index (χ1n) is 8.55. The van der Waals surface area contributed by atoms with Gasteiger partial charge >= 0.3 is 0 Å². The summed E-state index contributed by atoms with van der Waals surface area (Å²) in [6.45, 7) is 6.84.